The summed E-state index contributed by atoms with van der Waals surface area (Å²) in [6.07, 6.45) is 1.88. The zero-order valence-corrected chi connectivity index (χ0v) is 15.1. The molecule has 0 bridgehead atoms. The third-order valence-corrected chi connectivity index (χ3v) is 4.89. The van der Waals surface area contributed by atoms with Crippen molar-refractivity contribution in [3.8, 4) is 5.69 Å². The van der Waals surface area contributed by atoms with E-state index < -0.39 is 0 Å². The van der Waals surface area contributed by atoms with Crippen LogP contribution in [0.1, 0.15) is 22.6 Å². The molecule has 4 rings (SSSR count). The van der Waals surface area contributed by atoms with Gasteiger partial charge in [-0.25, -0.2) is 4.98 Å². The zero-order valence-electron chi connectivity index (χ0n) is 13.6. The maximum Gasteiger partial charge on any atom is 0.135 e. The molecule has 0 saturated heterocycles. The first-order chi connectivity index (χ1) is 12.2. The highest BCUT2D eigenvalue weighted by molar-refractivity contribution is 6.39. The molecule has 2 aromatic carbocycles. The van der Waals surface area contributed by atoms with Gasteiger partial charge in [0.15, 0.2) is 0 Å². The average Bonchev–Trinajstić information content (AvgIpc) is 2.92. The summed E-state index contributed by atoms with van der Waals surface area (Å²) < 4.78 is 2.13. The molecule has 1 aliphatic heterocycles. The molecule has 0 unspecified atom stereocenters. The average molecular weight is 371 g/mol. The van der Waals surface area contributed by atoms with Gasteiger partial charge in [0, 0.05) is 22.7 Å². The number of aliphatic imine (C=N–C) groups is 1. The van der Waals surface area contributed by atoms with Gasteiger partial charge in [-0.1, -0.05) is 47.5 Å². The molecule has 0 fully saturated rings. The smallest absolute Gasteiger partial charge is 0.135 e. The Kier molecular flexibility index (Phi) is 4.34. The number of benzene rings is 2. The van der Waals surface area contributed by atoms with Crippen molar-refractivity contribution in [1.29, 1.82) is 0 Å². The Morgan fingerprint density at radius 2 is 1.88 bits per heavy atom. The second kappa shape index (κ2) is 6.64. The van der Waals surface area contributed by atoms with Gasteiger partial charge in [0.25, 0.3) is 0 Å². The van der Waals surface area contributed by atoms with Gasteiger partial charge in [-0.05, 0) is 25.2 Å². The van der Waals surface area contributed by atoms with Crippen LogP contribution in [0.25, 0.3) is 5.69 Å². The third-order valence-electron chi connectivity index (χ3n) is 4.24. The molecule has 1 aliphatic rings. The van der Waals surface area contributed by atoms with E-state index >= 15 is 0 Å². The molecule has 0 saturated carbocycles. The fourth-order valence-corrected chi connectivity index (χ4v) is 3.66. The second-order valence-electron chi connectivity index (χ2n) is 5.81. The lowest BCUT2D eigenvalue weighted by Crippen LogP contribution is -2.13. The molecule has 1 aromatic heterocycles. The Morgan fingerprint density at radius 3 is 2.68 bits per heavy atom. The maximum absolute atomic E-state index is 6.60. The van der Waals surface area contributed by atoms with Crippen molar-refractivity contribution in [2.24, 2.45) is 4.99 Å². The molecule has 3 aromatic rings. The molecule has 1 N–H and O–H groups in total. The number of nitrogens with zero attached hydrogens (tertiary/aromatic N) is 3. The highest BCUT2D eigenvalue weighted by atomic mass is 35.5. The van der Waals surface area contributed by atoms with Crippen LogP contribution in [0.3, 0.4) is 0 Å². The van der Waals surface area contributed by atoms with E-state index in [1.54, 1.807) is 0 Å². The summed E-state index contributed by atoms with van der Waals surface area (Å²) in [7, 11) is 1.92. The Labute approximate surface area is 156 Å². The summed E-state index contributed by atoms with van der Waals surface area (Å²) in [4.78, 5) is 9.37. The van der Waals surface area contributed by atoms with Crippen molar-refractivity contribution in [3.05, 3.63) is 81.4 Å². The minimum absolute atomic E-state index is 0.468. The third kappa shape index (κ3) is 2.76. The van der Waals surface area contributed by atoms with Crippen molar-refractivity contribution < 1.29 is 0 Å². The minimum atomic E-state index is 0.468. The maximum atomic E-state index is 6.60. The molecular formula is C19H16Cl2N4. The molecule has 6 heteroatoms. The lowest BCUT2D eigenvalue weighted by Gasteiger charge is -2.16. The van der Waals surface area contributed by atoms with Crippen LogP contribution in [-0.2, 0) is 13.1 Å². The number of hydrogen-bond acceptors (Lipinski definition) is 3. The van der Waals surface area contributed by atoms with Crippen LogP contribution >= 0.6 is 23.2 Å². The van der Waals surface area contributed by atoms with E-state index in [4.69, 9.17) is 28.2 Å². The zero-order chi connectivity index (χ0) is 17.4. The molecular weight excluding hydrogens is 355 g/mol. The van der Waals surface area contributed by atoms with E-state index in [0.717, 1.165) is 34.0 Å². The molecule has 25 heavy (non-hydrogen) atoms. The molecule has 4 nitrogen and oxygen atoms in total. The van der Waals surface area contributed by atoms with Crippen molar-refractivity contribution in [2.75, 3.05) is 7.05 Å². The van der Waals surface area contributed by atoms with E-state index in [1.807, 2.05) is 55.7 Å². The minimum Gasteiger partial charge on any atom is -0.314 e. The Bertz CT molecular complexity index is 975. The van der Waals surface area contributed by atoms with Gasteiger partial charge in [-0.3, -0.25) is 9.56 Å². The summed E-state index contributed by atoms with van der Waals surface area (Å²) in [5.74, 6) is 0.885. The number of hydrogen-bond donors (Lipinski definition) is 1. The van der Waals surface area contributed by atoms with Gasteiger partial charge >= 0.3 is 0 Å². The SMILES string of the molecule is CNCc1cnc2n1-c1cccc(Cl)c1C(c1ccccc1Cl)=NC2. The van der Waals surface area contributed by atoms with Crippen molar-refractivity contribution >= 4 is 28.9 Å². The fraction of sp³-hybridized carbons (Fsp3) is 0.158. The predicted octanol–water partition coefficient (Wildman–Crippen LogP) is 4.25. The Balaban J connectivity index is 2.00. The topological polar surface area (TPSA) is 42.2 Å². The van der Waals surface area contributed by atoms with Crippen LogP contribution < -0.4 is 5.32 Å². The number of nitrogens with one attached hydrogen (secondary N) is 1. The van der Waals surface area contributed by atoms with Gasteiger partial charge in [0.2, 0.25) is 0 Å². The van der Waals surface area contributed by atoms with Crippen LogP contribution in [0.2, 0.25) is 10.0 Å². The molecule has 2 heterocycles. The number of imidazole rings is 1. The number of fused-ring (bicyclic) bond motifs is 3. The molecule has 0 aliphatic carbocycles. The largest absolute Gasteiger partial charge is 0.314 e. The van der Waals surface area contributed by atoms with Crippen LogP contribution in [0.5, 0.6) is 0 Å². The Hall–Kier alpha value is -2.14. The molecule has 0 spiro atoms. The van der Waals surface area contributed by atoms with Crippen molar-refractivity contribution in [3.63, 3.8) is 0 Å². The van der Waals surface area contributed by atoms with Crippen molar-refractivity contribution in [1.82, 2.24) is 14.9 Å². The van der Waals surface area contributed by atoms with E-state index in [9.17, 15) is 0 Å². The van der Waals surface area contributed by atoms with E-state index in [-0.39, 0.29) is 0 Å². The summed E-state index contributed by atoms with van der Waals surface area (Å²) in [5, 5.41) is 4.49. The van der Waals surface area contributed by atoms with E-state index in [1.165, 1.54) is 0 Å². The lowest BCUT2D eigenvalue weighted by atomic mass is 10.00. The first kappa shape index (κ1) is 16.3. The van der Waals surface area contributed by atoms with Crippen LogP contribution in [0.15, 0.2) is 53.7 Å². The van der Waals surface area contributed by atoms with Gasteiger partial charge in [-0.15, -0.1) is 0 Å². The monoisotopic (exact) mass is 370 g/mol. The van der Waals surface area contributed by atoms with E-state index in [0.29, 0.717) is 23.1 Å². The fourth-order valence-electron chi connectivity index (χ4n) is 3.18. The molecule has 0 atom stereocenters. The number of halogens is 2. The van der Waals surface area contributed by atoms with Gasteiger partial charge in [-0.2, -0.15) is 0 Å². The highest BCUT2D eigenvalue weighted by Crippen LogP contribution is 2.33. The van der Waals surface area contributed by atoms with Gasteiger partial charge in [0.1, 0.15) is 5.82 Å². The lowest BCUT2D eigenvalue weighted by molar-refractivity contribution is 0.751. The van der Waals surface area contributed by atoms with Crippen LogP contribution in [0, 0.1) is 0 Å². The normalized spacial score (nSPS) is 13.0. The summed E-state index contributed by atoms with van der Waals surface area (Å²) in [5.41, 5.74) is 4.59. The van der Waals surface area contributed by atoms with Crippen molar-refractivity contribution in [2.45, 2.75) is 13.1 Å². The molecule has 0 amide bonds. The van der Waals surface area contributed by atoms with Gasteiger partial charge in [0.05, 0.1) is 34.9 Å². The Morgan fingerprint density at radius 1 is 1.08 bits per heavy atom. The van der Waals surface area contributed by atoms with Crippen LogP contribution in [0.4, 0.5) is 0 Å². The molecule has 0 radical (unpaired) electrons. The standard InChI is InChI=1S/C19H16Cl2N4/c1-22-9-12-10-23-17-11-24-19(13-5-2-3-6-14(13)20)18-15(21)7-4-8-16(18)25(12)17/h2-8,10,22H,9,11H2,1H3. The quantitative estimate of drug-likeness (QED) is 0.748. The van der Waals surface area contributed by atoms with Gasteiger partial charge < -0.3 is 5.32 Å². The van der Waals surface area contributed by atoms with Crippen LogP contribution in [-0.4, -0.2) is 22.3 Å². The number of rotatable bonds is 3. The van der Waals surface area contributed by atoms with E-state index in [2.05, 4.69) is 14.9 Å². The summed E-state index contributed by atoms with van der Waals surface area (Å²) in [6.45, 7) is 1.18. The second-order valence-corrected chi connectivity index (χ2v) is 6.62. The summed E-state index contributed by atoms with van der Waals surface area (Å²) in [6, 6.07) is 13.6. The first-order valence-electron chi connectivity index (χ1n) is 7.99. The summed E-state index contributed by atoms with van der Waals surface area (Å²) >= 11 is 13.0. The highest BCUT2D eigenvalue weighted by Gasteiger charge is 2.24. The predicted molar refractivity (Wildman–Crippen MR) is 102 cm³/mol. The first-order valence-corrected chi connectivity index (χ1v) is 8.75. The number of aromatic nitrogens is 2. The molecule has 126 valence electrons.